The first-order chi connectivity index (χ1) is 25.7. The summed E-state index contributed by atoms with van der Waals surface area (Å²) in [6, 6.07) is 20.2. The number of nitro groups is 1. The van der Waals surface area contributed by atoms with Crippen LogP contribution in [0.25, 0.3) is 0 Å². The molecule has 3 aromatic carbocycles. The molecule has 0 aromatic heterocycles. The van der Waals surface area contributed by atoms with Crippen molar-refractivity contribution in [1.82, 2.24) is 20.4 Å². The molecule has 2 aliphatic rings. The van der Waals surface area contributed by atoms with Crippen molar-refractivity contribution >= 4 is 35.5 Å². The zero-order valence-electron chi connectivity index (χ0n) is 30.9. The number of non-ortho nitro benzene ring substituents is 1. The van der Waals surface area contributed by atoms with Crippen molar-refractivity contribution in [3.8, 4) is 0 Å². The van der Waals surface area contributed by atoms with Gasteiger partial charge in [0, 0.05) is 31.1 Å². The van der Waals surface area contributed by atoms with Crippen LogP contribution in [0.4, 0.5) is 10.5 Å². The van der Waals surface area contributed by atoms with Crippen LogP contribution in [-0.4, -0.2) is 87.4 Å². The van der Waals surface area contributed by atoms with Crippen LogP contribution in [0.3, 0.4) is 0 Å². The van der Waals surface area contributed by atoms with Crippen molar-refractivity contribution in [2.24, 2.45) is 0 Å². The first-order valence-electron chi connectivity index (χ1n) is 18.1. The standard InChI is InChI=1S/C40H47N5O9/c1-26(41-39(50)54-40(2,3)4)35(46)42-34(33(28-13-7-5-8-14-28)29-15-9-6-10-16-29)37(48)43-23-11-17-31(43)36(47)44-24-12-18-32(44)38(49)53-25-27-19-21-30(22-20-27)45(51)52/h5-10,13-16,19-22,26,31-34H,11-12,17-18,23-25H2,1-4H3,(H,41,50)(H,42,46)/t26-,31-,32-,34-/m0/s1. The third-order valence-corrected chi connectivity index (χ3v) is 9.50. The number of benzene rings is 3. The summed E-state index contributed by atoms with van der Waals surface area (Å²) in [5, 5.41) is 16.5. The second kappa shape index (κ2) is 17.4. The van der Waals surface area contributed by atoms with E-state index in [1.807, 2.05) is 60.7 Å². The molecule has 54 heavy (non-hydrogen) atoms. The molecule has 0 spiro atoms. The second-order valence-electron chi connectivity index (χ2n) is 14.6. The average Bonchev–Trinajstić information content (AvgIpc) is 3.84. The summed E-state index contributed by atoms with van der Waals surface area (Å²) >= 11 is 0. The van der Waals surface area contributed by atoms with Crippen molar-refractivity contribution in [3.05, 3.63) is 112 Å². The third kappa shape index (κ3) is 9.79. The Bertz CT molecular complexity index is 1780. The fourth-order valence-corrected chi connectivity index (χ4v) is 6.91. The number of amides is 4. The maximum atomic E-state index is 14.9. The van der Waals surface area contributed by atoms with Crippen LogP contribution in [0.5, 0.6) is 0 Å². The molecule has 2 fully saturated rings. The molecule has 0 radical (unpaired) electrons. The van der Waals surface area contributed by atoms with E-state index in [9.17, 15) is 34.1 Å². The molecule has 5 rings (SSSR count). The minimum Gasteiger partial charge on any atom is -0.459 e. The molecule has 0 unspecified atom stereocenters. The molecule has 4 atom stereocenters. The Labute approximate surface area is 314 Å². The van der Waals surface area contributed by atoms with Crippen LogP contribution < -0.4 is 10.6 Å². The van der Waals surface area contributed by atoms with E-state index in [1.54, 1.807) is 20.8 Å². The molecule has 3 aromatic rings. The Morgan fingerprint density at radius 3 is 1.93 bits per heavy atom. The lowest BCUT2D eigenvalue weighted by Crippen LogP contribution is -2.59. The summed E-state index contributed by atoms with van der Waals surface area (Å²) in [5.74, 6) is -2.73. The maximum Gasteiger partial charge on any atom is 0.408 e. The van der Waals surface area contributed by atoms with E-state index in [1.165, 1.54) is 41.0 Å². The lowest BCUT2D eigenvalue weighted by atomic mass is 9.84. The first-order valence-corrected chi connectivity index (χ1v) is 18.1. The van der Waals surface area contributed by atoms with Gasteiger partial charge in [-0.3, -0.25) is 24.5 Å². The van der Waals surface area contributed by atoms with Gasteiger partial charge >= 0.3 is 12.1 Å². The number of likely N-dealkylation sites (tertiary alicyclic amines) is 2. The van der Waals surface area contributed by atoms with Crippen LogP contribution in [0.15, 0.2) is 84.9 Å². The summed E-state index contributed by atoms with van der Waals surface area (Å²) in [7, 11) is 0. The van der Waals surface area contributed by atoms with Crippen LogP contribution in [0.1, 0.15) is 76.0 Å². The van der Waals surface area contributed by atoms with Crippen LogP contribution >= 0.6 is 0 Å². The largest absolute Gasteiger partial charge is 0.459 e. The molecular weight excluding hydrogens is 694 g/mol. The number of hydrogen-bond donors (Lipinski definition) is 2. The zero-order valence-corrected chi connectivity index (χ0v) is 30.9. The zero-order chi connectivity index (χ0) is 39.0. The van der Waals surface area contributed by atoms with Gasteiger partial charge in [0.15, 0.2) is 0 Å². The lowest BCUT2D eigenvalue weighted by molar-refractivity contribution is -0.384. The monoisotopic (exact) mass is 741 g/mol. The summed E-state index contributed by atoms with van der Waals surface area (Å²) < 4.78 is 10.9. The summed E-state index contributed by atoms with van der Waals surface area (Å²) in [6.07, 6.45) is 1.06. The number of rotatable bonds is 12. The normalized spacial score (nSPS) is 18.1. The molecular formula is C40H47N5O9. The van der Waals surface area contributed by atoms with E-state index in [0.29, 0.717) is 37.8 Å². The number of carbonyl (C=O) groups excluding carboxylic acids is 5. The minimum absolute atomic E-state index is 0.0825. The van der Waals surface area contributed by atoms with E-state index in [4.69, 9.17) is 9.47 Å². The van der Waals surface area contributed by atoms with Gasteiger partial charge in [-0.15, -0.1) is 0 Å². The Hall–Kier alpha value is -5.79. The molecule has 4 amide bonds. The molecule has 2 heterocycles. The summed E-state index contributed by atoms with van der Waals surface area (Å²) in [6.45, 7) is 7.06. The number of carbonyl (C=O) groups is 5. The SMILES string of the molecule is C[C@H](NC(=O)OC(C)(C)C)C(=O)N[C@H](C(=O)N1CCC[C@H]1C(=O)N1CCC[C@H]1C(=O)OCc1ccc([N+](=O)[O-])cc1)C(c1ccccc1)c1ccccc1. The second-order valence-corrected chi connectivity index (χ2v) is 14.6. The molecule has 2 saturated heterocycles. The fourth-order valence-electron chi connectivity index (χ4n) is 6.91. The van der Waals surface area contributed by atoms with Crippen molar-refractivity contribution < 1.29 is 38.4 Å². The molecule has 2 N–H and O–H groups in total. The highest BCUT2D eigenvalue weighted by molar-refractivity contribution is 5.96. The fraction of sp³-hybridized carbons (Fsp3) is 0.425. The van der Waals surface area contributed by atoms with Gasteiger partial charge in [0.25, 0.3) is 5.69 Å². The number of ether oxygens (including phenoxy) is 2. The van der Waals surface area contributed by atoms with Crippen LogP contribution in [0, 0.1) is 10.1 Å². The van der Waals surface area contributed by atoms with Gasteiger partial charge in [0.05, 0.1) is 4.92 Å². The predicted molar refractivity (Wildman–Crippen MR) is 198 cm³/mol. The number of hydrogen-bond acceptors (Lipinski definition) is 9. The number of esters is 1. The molecule has 14 nitrogen and oxygen atoms in total. The van der Waals surface area contributed by atoms with Crippen molar-refractivity contribution in [1.29, 1.82) is 0 Å². The summed E-state index contributed by atoms with van der Waals surface area (Å²) in [5.41, 5.74) is 1.20. The number of alkyl carbamates (subject to hydrolysis) is 1. The van der Waals surface area contributed by atoms with Gasteiger partial charge in [0.2, 0.25) is 17.7 Å². The molecule has 0 bridgehead atoms. The Morgan fingerprint density at radius 1 is 0.815 bits per heavy atom. The minimum atomic E-state index is -1.18. The number of nitro benzene ring substituents is 1. The molecule has 14 heteroatoms. The summed E-state index contributed by atoms with van der Waals surface area (Å²) in [4.78, 5) is 82.2. The van der Waals surface area contributed by atoms with Crippen molar-refractivity contribution in [2.75, 3.05) is 13.1 Å². The molecule has 0 aliphatic carbocycles. The predicted octanol–water partition coefficient (Wildman–Crippen LogP) is 4.85. The van der Waals surface area contributed by atoms with Crippen LogP contribution in [0.2, 0.25) is 0 Å². The first kappa shape index (κ1) is 39.4. The number of nitrogens with one attached hydrogen (secondary N) is 2. The molecule has 2 aliphatic heterocycles. The number of nitrogens with zero attached hydrogens (tertiary/aromatic N) is 3. The maximum absolute atomic E-state index is 14.9. The van der Waals surface area contributed by atoms with E-state index in [2.05, 4.69) is 10.6 Å². The van der Waals surface area contributed by atoms with Gasteiger partial charge in [-0.25, -0.2) is 9.59 Å². The van der Waals surface area contributed by atoms with Gasteiger partial charge < -0.3 is 29.9 Å². The highest BCUT2D eigenvalue weighted by Crippen LogP contribution is 2.32. The van der Waals surface area contributed by atoms with E-state index >= 15 is 0 Å². The smallest absolute Gasteiger partial charge is 0.408 e. The van der Waals surface area contributed by atoms with Gasteiger partial charge in [-0.05, 0) is 82.2 Å². The Balaban J connectivity index is 1.38. The van der Waals surface area contributed by atoms with E-state index in [0.717, 1.165) is 11.1 Å². The quantitative estimate of drug-likeness (QED) is 0.149. The van der Waals surface area contributed by atoms with E-state index in [-0.39, 0.29) is 24.7 Å². The van der Waals surface area contributed by atoms with Crippen LogP contribution in [-0.2, 0) is 35.3 Å². The van der Waals surface area contributed by atoms with Crippen molar-refractivity contribution in [2.45, 2.75) is 95.7 Å². The average molecular weight is 742 g/mol. The lowest BCUT2D eigenvalue weighted by Gasteiger charge is -2.35. The molecule has 286 valence electrons. The van der Waals surface area contributed by atoms with E-state index < -0.39 is 64.5 Å². The molecule has 0 saturated carbocycles. The Kier molecular flexibility index (Phi) is 12.7. The third-order valence-electron chi connectivity index (χ3n) is 9.50. The van der Waals surface area contributed by atoms with Gasteiger partial charge in [-0.1, -0.05) is 60.7 Å². The van der Waals surface area contributed by atoms with Gasteiger partial charge in [0.1, 0.15) is 36.4 Å². The highest BCUT2D eigenvalue weighted by Gasteiger charge is 2.46. The van der Waals surface area contributed by atoms with Gasteiger partial charge in [-0.2, -0.15) is 0 Å². The Morgan fingerprint density at radius 2 is 1.37 bits per heavy atom. The van der Waals surface area contributed by atoms with Crippen molar-refractivity contribution in [3.63, 3.8) is 0 Å². The topological polar surface area (TPSA) is 177 Å². The highest BCUT2D eigenvalue weighted by atomic mass is 16.6.